The molecule has 1 unspecified atom stereocenters. The monoisotopic (exact) mass is 532 g/mol. The summed E-state index contributed by atoms with van der Waals surface area (Å²) in [6, 6.07) is 14.2. The summed E-state index contributed by atoms with van der Waals surface area (Å²) >= 11 is 0. The minimum atomic E-state index is -0.755. The highest BCUT2D eigenvalue weighted by molar-refractivity contribution is 5.71. The van der Waals surface area contributed by atoms with Crippen molar-refractivity contribution in [3.8, 4) is 22.8 Å². The topological polar surface area (TPSA) is 80.7 Å². The summed E-state index contributed by atoms with van der Waals surface area (Å²) in [5, 5.41) is 13.2. The number of nitrogens with one attached hydrogen (secondary N) is 1. The van der Waals surface area contributed by atoms with E-state index in [0.717, 1.165) is 59.3 Å². The van der Waals surface area contributed by atoms with Gasteiger partial charge in [0.2, 0.25) is 5.88 Å². The number of carbonyl (C=O) groups is 1. The molecule has 206 valence electrons. The molecule has 0 radical (unpaired) electrons. The maximum atomic E-state index is 14.9. The van der Waals surface area contributed by atoms with E-state index in [1.807, 2.05) is 19.1 Å². The third-order valence-corrected chi connectivity index (χ3v) is 8.01. The number of aryl methyl sites for hydroxylation is 1. The van der Waals surface area contributed by atoms with Gasteiger partial charge in [0.15, 0.2) is 0 Å². The lowest BCUT2D eigenvalue weighted by Crippen LogP contribution is -2.23. The zero-order valence-corrected chi connectivity index (χ0v) is 23.0. The summed E-state index contributed by atoms with van der Waals surface area (Å²) in [5.41, 5.74) is 5.45. The van der Waals surface area contributed by atoms with E-state index in [1.165, 1.54) is 13.3 Å². The minimum Gasteiger partial charge on any atom is -0.485 e. The number of aromatic nitrogens is 1. The van der Waals surface area contributed by atoms with E-state index in [4.69, 9.17) is 9.47 Å². The van der Waals surface area contributed by atoms with Gasteiger partial charge in [0.05, 0.1) is 19.2 Å². The van der Waals surface area contributed by atoms with Gasteiger partial charge in [-0.3, -0.25) is 4.79 Å². The first-order valence-corrected chi connectivity index (χ1v) is 13.8. The molecule has 3 atom stereocenters. The van der Waals surface area contributed by atoms with E-state index < -0.39 is 17.7 Å². The quantitative estimate of drug-likeness (QED) is 0.303. The average Bonchev–Trinajstić information content (AvgIpc) is 3.77. The van der Waals surface area contributed by atoms with Crippen LogP contribution in [0.2, 0.25) is 0 Å². The highest BCUT2D eigenvalue weighted by atomic mass is 19.1. The number of carboxylic acids is 1. The molecule has 2 N–H and O–H groups in total. The second kappa shape index (κ2) is 11.3. The maximum absolute atomic E-state index is 14.9. The van der Waals surface area contributed by atoms with Crippen molar-refractivity contribution in [2.45, 2.75) is 71.1 Å². The molecule has 2 aliphatic rings. The van der Waals surface area contributed by atoms with Crippen molar-refractivity contribution >= 4 is 5.97 Å². The molecule has 39 heavy (non-hydrogen) atoms. The average molecular weight is 533 g/mol. The first kappa shape index (κ1) is 27.1. The van der Waals surface area contributed by atoms with Crippen molar-refractivity contribution in [1.29, 1.82) is 0 Å². The lowest BCUT2D eigenvalue weighted by atomic mass is 9.82. The Labute approximate surface area is 229 Å². The largest absolute Gasteiger partial charge is 0.485 e. The van der Waals surface area contributed by atoms with Gasteiger partial charge in [-0.05, 0) is 71.4 Å². The van der Waals surface area contributed by atoms with Crippen LogP contribution >= 0.6 is 0 Å². The number of ether oxygens (including phenoxy) is 2. The van der Waals surface area contributed by atoms with Gasteiger partial charge in [-0.1, -0.05) is 51.1 Å². The first-order valence-electron chi connectivity index (χ1n) is 13.8. The van der Waals surface area contributed by atoms with Gasteiger partial charge < -0.3 is 19.9 Å². The Hall–Kier alpha value is -3.45. The Morgan fingerprint density at radius 1 is 1.13 bits per heavy atom. The summed E-state index contributed by atoms with van der Waals surface area (Å²) in [5.74, 6) is 0.0256. The molecule has 1 saturated carbocycles. The van der Waals surface area contributed by atoms with Crippen LogP contribution in [0.5, 0.6) is 11.6 Å². The van der Waals surface area contributed by atoms with E-state index in [1.54, 1.807) is 6.07 Å². The molecule has 2 heterocycles. The second-order valence-corrected chi connectivity index (χ2v) is 11.2. The second-order valence-electron chi connectivity index (χ2n) is 11.2. The number of hydrogen-bond donors (Lipinski definition) is 2. The number of benzene rings is 2. The molecule has 7 heteroatoms. The van der Waals surface area contributed by atoms with E-state index in [-0.39, 0.29) is 18.1 Å². The molecule has 6 nitrogen and oxygen atoms in total. The van der Waals surface area contributed by atoms with Crippen molar-refractivity contribution in [1.82, 2.24) is 10.3 Å². The predicted octanol–water partition coefficient (Wildman–Crippen LogP) is 6.67. The number of pyridine rings is 1. The van der Waals surface area contributed by atoms with Gasteiger partial charge in [0, 0.05) is 24.2 Å². The van der Waals surface area contributed by atoms with Crippen molar-refractivity contribution in [2.75, 3.05) is 7.11 Å². The number of halogens is 1. The van der Waals surface area contributed by atoms with Crippen LogP contribution in [0.1, 0.15) is 74.3 Å². The fraction of sp³-hybridized carbons (Fsp3) is 0.438. The van der Waals surface area contributed by atoms with Crippen LogP contribution in [0, 0.1) is 17.7 Å². The van der Waals surface area contributed by atoms with Crippen LogP contribution in [-0.4, -0.2) is 29.2 Å². The fourth-order valence-electron chi connectivity index (χ4n) is 5.68. The number of carboxylic acid groups (broad SMARTS) is 1. The highest BCUT2D eigenvalue weighted by Gasteiger charge is 2.39. The van der Waals surface area contributed by atoms with E-state index in [2.05, 4.69) is 48.4 Å². The van der Waals surface area contributed by atoms with Crippen molar-refractivity contribution in [3.05, 3.63) is 76.7 Å². The van der Waals surface area contributed by atoms with Crippen LogP contribution < -0.4 is 14.8 Å². The molecule has 3 aromatic rings. The Bertz CT molecular complexity index is 1350. The summed E-state index contributed by atoms with van der Waals surface area (Å²) in [6.07, 6.45) is 4.91. The van der Waals surface area contributed by atoms with Gasteiger partial charge in [0.25, 0.3) is 0 Å². The minimum absolute atomic E-state index is 0.00276. The SMILES string of the molecule is COc1cc(-c2ccc(C3CCc4ccc([C@H](C5CC5)[C@H](C)C(=O)O)cc4O3)cc2CNC(C)C)c(F)cn1. The zero-order valence-electron chi connectivity index (χ0n) is 23.0. The van der Waals surface area contributed by atoms with Crippen LogP contribution in [0.3, 0.4) is 0 Å². The van der Waals surface area contributed by atoms with Crippen molar-refractivity contribution < 1.29 is 23.8 Å². The third kappa shape index (κ3) is 5.93. The molecule has 0 saturated heterocycles. The smallest absolute Gasteiger partial charge is 0.306 e. The normalized spacial score (nSPS) is 18.3. The number of fused-ring (bicyclic) bond motifs is 1. The number of aliphatic carboxylic acids is 1. The fourth-order valence-corrected chi connectivity index (χ4v) is 5.68. The van der Waals surface area contributed by atoms with Crippen molar-refractivity contribution in [3.63, 3.8) is 0 Å². The summed E-state index contributed by atoms with van der Waals surface area (Å²) in [6.45, 7) is 6.55. The number of methoxy groups -OCH3 is 1. The van der Waals surface area contributed by atoms with Crippen molar-refractivity contribution in [2.24, 2.45) is 11.8 Å². The van der Waals surface area contributed by atoms with Gasteiger partial charge in [0.1, 0.15) is 17.7 Å². The Kier molecular flexibility index (Phi) is 7.89. The van der Waals surface area contributed by atoms with Crippen LogP contribution in [-0.2, 0) is 17.8 Å². The summed E-state index contributed by atoms with van der Waals surface area (Å²) in [7, 11) is 1.52. The molecule has 1 aliphatic carbocycles. The number of hydrogen-bond acceptors (Lipinski definition) is 5. The summed E-state index contributed by atoms with van der Waals surface area (Å²) in [4.78, 5) is 15.8. The van der Waals surface area contributed by atoms with Gasteiger partial charge in [-0.25, -0.2) is 9.37 Å². The predicted molar refractivity (Wildman–Crippen MR) is 149 cm³/mol. The lowest BCUT2D eigenvalue weighted by molar-refractivity contribution is -0.142. The molecule has 0 bridgehead atoms. The molecule has 1 aliphatic heterocycles. The van der Waals surface area contributed by atoms with Gasteiger partial charge >= 0.3 is 5.97 Å². The zero-order chi connectivity index (χ0) is 27.7. The molecule has 2 aromatic carbocycles. The van der Waals surface area contributed by atoms with Crippen LogP contribution in [0.15, 0.2) is 48.7 Å². The first-order chi connectivity index (χ1) is 18.7. The van der Waals surface area contributed by atoms with Crippen LogP contribution in [0.25, 0.3) is 11.1 Å². The highest BCUT2D eigenvalue weighted by Crippen LogP contribution is 2.48. The Morgan fingerprint density at radius 2 is 1.92 bits per heavy atom. The molecule has 0 spiro atoms. The molecule has 0 amide bonds. The van der Waals surface area contributed by atoms with E-state index >= 15 is 0 Å². The standard InChI is InChI=1S/C32H37FN2O4/c1-18(2)34-16-24-13-22(9-11-25(24)26-15-30(38-4)35-17-27(26)33)28-12-10-20-5-8-23(14-29(20)39-28)31(21-6-7-21)19(3)32(36)37/h5,8-9,11,13-15,17-19,21,28,31,34H,6-7,10,12,16H2,1-4H3,(H,36,37)/t19-,28?,31-/m0/s1. The maximum Gasteiger partial charge on any atom is 0.306 e. The lowest BCUT2D eigenvalue weighted by Gasteiger charge is -2.29. The van der Waals surface area contributed by atoms with Gasteiger partial charge in [-0.15, -0.1) is 0 Å². The van der Waals surface area contributed by atoms with E-state index in [0.29, 0.717) is 23.9 Å². The molecule has 5 rings (SSSR count). The number of nitrogens with zero attached hydrogens (tertiary/aromatic N) is 1. The number of rotatable bonds is 10. The molecular formula is C32H37FN2O4. The van der Waals surface area contributed by atoms with E-state index in [9.17, 15) is 14.3 Å². The molecule has 1 aromatic heterocycles. The molecule has 1 fully saturated rings. The molecular weight excluding hydrogens is 495 g/mol. The van der Waals surface area contributed by atoms with Crippen LogP contribution in [0.4, 0.5) is 4.39 Å². The Balaban J connectivity index is 1.45. The Morgan fingerprint density at radius 3 is 2.62 bits per heavy atom. The summed E-state index contributed by atoms with van der Waals surface area (Å²) < 4.78 is 26.7. The van der Waals surface area contributed by atoms with Gasteiger partial charge in [-0.2, -0.15) is 0 Å². The third-order valence-electron chi connectivity index (χ3n) is 8.01.